The van der Waals surface area contributed by atoms with Crippen LogP contribution in [0, 0.1) is 17.8 Å². The van der Waals surface area contributed by atoms with E-state index in [1.54, 1.807) is 24.3 Å². The van der Waals surface area contributed by atoms with Gasteiger partial charge >= 0.3 is 5.97 Å². The zero-order valence-corrected chi connectivity index (χ0v) is 21.9. The summed E-state index contributed by atoms with van der Waals surface area (Å²) in [6, 6.07) is 23.8. The molecule has 198 valence electrons. The van der Waals surface area contributed by atoms with E-state index in [0.717, 1.165) is 27.2 Å². The smallest absolute Gasteiger partial charge is 0.329 e. The summed E-state index contributed by atoms with van der Waals surface area (Å²) in [7, 11) is 0. The van der Waals surface area contributed by atoms with Crippen LogP contribution in [0.5, 0.6) is 0 Å². The highest BCUT2D eigenvalue weighted by Gasteiger charge is 2.63. The molecule has 3 amide bonds. The largest absolute Gasteiger partial charge is 0.454 e. The van der Waals surface area contributed by atoms with Crippen LogP contribution in [-0.4, -0.2) is 41.2 Å². The number of rotatable bonds is 7. The van der Waals surface area contributed by atoms with Crippen molar-refractivity contribution in [3.63, 3.8) is 0 Å². The average molecular weight is 523 g/mol. The van der Waals surface area contributed by atoms with Gasteiger partial charge in [0.2, 0.25) is 11.8 Å². The molecule has 1 aliphatic heterocycles. The molecule has 0 unspecified atom stereocenters. The van der Waals surface area contributed by atoms with Gasteiger partial charge in [-0.05, 0) is 46.7 Å². The van der Waals surface area contributed by atoms with Crippen LogP contribution in [0.25, 0.3) is 0 Å². The van der Waals surface area contributed by atoms with Crippen LogP contribution in [-0.2, 0) is 23.9 Å². The molecule has 0 radical (unpaired) electrons. The van der Waals surface area contributed by atoms with Crippen LogP contribution < -0.4 is 5.32 Å². The van der Waals surface area contributed by atoms with Crippen molar-refractivity contribution in [2.24, 2.45) is 17.8 Å². The molecule has 3 atom stereocenters. The second kappa shape index (κ2) is 9.80. The molecule has 0 spiro atoms. The van der Waals surface area contributed by atoms with Crippen molar-refractivity contribution in [2.75, 3.05) is 11.9 Å². The number of nitrogens with zero attached hydrogens (tertiary/aromatic N) is 1. The first-order valence-corrected chi connectivity index (χ1v) is 13.4. The average Bonchev–Trinajstić information content (AvgIpc) is 3.21. The Hall–Kier alpha value is -4.26. The molecule has 1 fully saturated rings. The normalized spacial score (nSPS) is 23.2. The number of para-hydroxylation sites is 1. The van der Waals surface area contributed by atoms with E-state index in [9.17, 15) is 19.2 Å². The Morgan fingerprint density at radius 1 is 0.769 bits per heavy atom. The maximum atomic E-state index is 14.1. The van der Waals surface area contributed by atoms with Crippen molar-refractivity contribution < 1.29 is 23.9 Å². The van der Waals surface area contributed by atoms with Gasteiger partial charge in [0, 0.05) is 17.5 Å². The maximum Gasteiger partial charge on any atom is 0.329 e. The standard InChI is InChI=1S/C32H30N2O5/c1-18(2)16-24(32(38)39-17-25(35)33-19-10-4-3-5-11-19)34-30(36)28-26-20-12-6-7-13-21(20)27(29(28)31(34)37)23-15-9-8-14-22(23)26/h3-15,18,24,26-29H,16-17H2,1-2H3,(H,33,35)/t24-,26?,27?,28-,29+/m0/s1. The summed E-state index contributed by atoms with van der Waals surface area (Å²) >= 11 is 0. The lowest BCUT2D eigenvalue weighted by molar-refractivity contribution is -0.160. The van der Waals surface area contributed by atoms with Gasteiger partial charge in [-0.2, -0.15) is 0 Å². The molecule has 7 rings (SSSR count). The third kappa shape index (κ3) is 4.13. The van der Waals surface area contributed by atoms with Crippen molar-refractivity contribution in [1.82, 2.24) is 4.90 Å². The van der Waals surface area contributed by atoms with Crippen molar-refractivity contribution in [3.8, 4) is 0 Å². The highest BCUT2D eigenvalue weighted by molar-refractivity contribution is 6.10. The lowest BCUT2D eigenvalue weighted by atomic mass is 9.55. The van der Waals surface area contributed by atoms with Gasteiger partial charge < -0.3 is 10.1 Å². The van der Waals surface area contributed by atoms with Crippen molar-refractivity contribution in [1.29, 1.82) is 0 Å². The van der Waals surface area contributed by atoms with Gasteiger partial charge in [0.05, 0.1) is 11.8 Å². The predicted octanol–water partition coefficient (Wildman–Crippen LogP) is 4.48. The summed E-state index contributed by atoms with van der Waals surface area (Å²) in [6.45, 7) is 3.35. The van der Waals surface area contributed by atoms with Crippen LogP contribution in [0.2, 0.25) is 0 Å². The quantitative estimate of drug-likeness (QED) is 0.365. The van der Waals surface area contributed by atoms with Crippen LogP contribution in [0.4, 0.5) is 5.69 Å². The first-order chi connectivity index (χ1) is 18.9. The highest BCUT2D eigenvalue weighted by atomic mass is 16.5. The zero-order chi connectivity index (χ0) is 27.3. The molecule has 3 aromatic rings. The Bertz CT molecular complexity index is 1350. The summed E-state index contributed by atoms with van der Waals surface area (Å²) in [5, 5.41) is 2.68. The predicted molar refractivity (Wildman–Crippen MR) is 145 cm³/mol. The van der Waals surface area contributed by atoms with Gasteiger partial charge in [-0.3, -0.25) is 19.3 Å². The number of carbonyl (C=O) groups is 4. The topological polar surface area (TPSA) is 92.8 Å². The summed E-state index contributed by atoms with van der Waals surface area (Å²) in [5.41, 5.74) is 4.88. The lowest BCUT2D eigenvalue weighted by Gasteiger charge is -2.45. The van der Waals surface area contributed by atoms with Crippen molar-refractivity contribution in [3.05, 3.63) is 101 Å². The molecule has 2 bridgehead atoms. The maximum absolute atomic E-state index is 14.1. The number of carbonyl (C=O) groups excluding carboxylic acids is 4. The summed E-state index contributed by atoms with van der Waals surface area (Å²) in [5.74, 6) is -3.53. The fourth-order valence-corrected chi connectivity index (χ4v) is 6.71. The first kappa shape index (κ1) is 25.0. The summed E-state index contributed by atoms with van der Waals surface area (Å²) < 4.78 is 5.40. The second-order valence-corrected chi connectivity index (χ2v) is 11.0. The Balaban J connectivity index is 1.29. The van der Waals surface area contributed by atoms with Crippen molar-refractivity contribution >= 4 is 29.4 Å². The van der Waals surface area contributed by atoms with E-state index in [0.29, 0.717) is 5.69 Å². The Morgan fingerprint density at radius 3 is 1.69 bits per heavy atom. The van der Waals surface area contributed by atoms with E-state index in [-0.39, 0.29) is 36.0 Å². The number of hydrogen-bond acceptors (Lipinski definition) is 5. The van der Waals surface area contributed by atoms with Gasteiger partial charge in [-0.1, -0.05) is 80.6 Å². The zero-order valence-electron chi connectivity index (χ0n) is 21.9. The molecular weight excluding hydrogens is 492 g/mol. The number of imide groups is 1. The summed E-state index contributed by atoms with van der Waals surface area (Å²) in [6.07, 6.45) is 0.255. The van der Waals surface area contributed by atoms with E-state index in [2.05, 4.69) is 5.32 Å². The van der Waals surface area contributed by atoms with E-state index < -0.39 is 36.4 Å². The molecule has 39 heavy (non-hydrogen) atoms. The number of ether oxygens (including phenoxy) is 1. The Kier molecular flexibility index (Phi) is 6.29. The third-order valence-corrected chi connectivity index (χ3v) is 8.16. The third-order valence-electron chi connectivity index (χ3n) is 8.16. The van der Waals surface area contributed by atoms with Gasteiger partial charge in [0.15, 0.2) is 6.61 Å². The SMILES string of the molecule is CC(C)C[C@@H](C(=O)OCC(=O)Nc1ccccc1)N1C(=O)[C@@H]2C3c4ccccc4C(c4ccccc43)[C@@H]2C1=O. The van der Waals surface area contributed by atoms with E-state index in [1.165, 1.54) is 0 Å². The van der Waals surface area contributed by atoms with Gasteiger partial charge in [0.1, 0.15) is 6.04 Å². The molecule has 1 heterocycles. The number of nitrogens with one attached hydrogen (secondary N) is 1. The number of hydrogen-bond donors (Lipinski definition) is 1. The minimum Gasteiger partial charge on any atom is -0.454 e. The van der Waals surface area contributed by atoms with Gasteiger partial charge in [-0.25, -0.2) is 4.79 Å². The number of likely N-dealkylation sites (tertiary alicyclic amines) is 1. The molecule has 3 aromatic carbocycles. The number of anilines is 1. The van der Waals surface area contributed by atoms with Crippen LogP contribution in [0.15, 0.2) is 78.9 Å². The summed E-state index contributed by atoms with van der Waals surface area (Å²) in [4.78, 5) is 55.1. The molecule has 1 saturated heterocycles. The van der Waals surface area contributed by atoms with Crippen LogP contribution in [0.1, 0.15) is 54.4 Å². The van der Waals surface area contributed by atoms with Crippen LogP contribution in [0.3, 0.4) is 0 Å². The molecule has 0 saturated carbocycles. The van der Waals surface area contributed by atoms with Gasteiger partial charge in [-0.15, -0.1) is 0 Å². The van der Waals surface area contributed by atoms with E-state index >= 15 is 0 Å². The minimum atomic E-state index is -1.09. The fraction of sp³-hybridized carbons (Fsp3) is 0.312. The van der Waals surface area contributed by atoms with Crippen LogP contribution >= 0.6 is 0 Å². The van der Waals surface area contributed by atoms with E-state index in [4.69, 9.17) is 4.74 Å². The molecule has 0 aromatic heterocycles. The highest BCUT2D eigenvalue weighted by Crippen LogP contribution is 2.61. The Morgan fingerprint density at radius 2 is 1.23 bits per heavy atom. The van der Waals surface area contributed by atoms with Gasteiger partial charge in [0.25, 0.3) is 5.91 Å². The molecular formula is C32H30N2O5. The second-order valence-electron chi connectivity index (χ2n) is 11.0. The lowest BCUT2D eigenvalue weighted by Crippen LogP contribution is -2.47. The fourth-order valence-electron chi connectivity index (χ4n) is 6.71. The molecule has 7 nitrogen and oxygen atoms in total. The Labute approximate surface area is 227 Å². The minimum absolute atomic E-state index is 0.00930. The molecule has 1 N–H and O–H groups in total. The number of benzene rings is 3. The molecule has 3 aliphatic carbocycles. The van der Waals surface area contributed by atoms with E-state index in [1.807, 2.05) is 68.4 Å². The monoisotopic (exact) mass is 522 g/mol. The first-order valence-electron chi connectivity index (χ1n) is 13.4. The number of amides is 3. The van der Waals surface area contributed by atoms with Crippen molar-refractivity contribution in [2.45, 2.75) is 38.1 Å². The number of esters is 1. The molecule has 4 aliphatic rings. The molecule has 7 heteroatoms.